The minimum atomic E-state index is -0.631. The van der Waals surface area contributed by atoms with E-state index in [2.05, 4.69) is 53.9 Å². The van der Waals surface area contributed by atoms with Gasteiger partial charge in [-0.3, -0.25) is 9.59 Å². The van der Waals surface area contributed by atoms with Crippen LogP contribution in [0.5, 0.6) is 0 Å². The summed E-state index contributed by atoms with van der Waals surface area (Å²) < 4.78 is 2.34. The van der Waals surface area contributed by atoms with Crippen LogP contribution in [0.2, 0.25) is 0 Å². The Morgan fingerprint density at radius 1 is 1.15 bits per heavy atom. The predicted octanol–water partition coefficient (Wildman–Crippen LogP) is 5.76. The molecular formula is C26H34N4O2S2. The summed E-state index contributed by atoms with van der Waals surface area (Å²) in [6.07, 6.45) is 3.65. The van der Waals surface area contributed by atoms with E-state index in [1.54, 1.807) is 23.9 Å². The lowest BCUT2D eigenvalue weighted by Gasteiger charge is -2.17. The van der Waals surface area contributed by atoms with Gasteiger partial charge >= 0.3 is 0 Å². The second-order valence-corrected chi connectivity index (χ2v) is 10.7. The zero-order valence-electron chi connectivity index (χ0n) is 20.6. The number of hydrogen-bond donors (Lipinski definition) is 2. The van der Waals surface area contributed by atoms with Gasteiger partial charge < -0.3 is 15.2 Å². The van der Waals surface area contributed by atoms with Gasteiger partial charge in [0.25, 0.3) is 5.91 Å². The Bertz CT molecular complexity index is 1110. The van der Waals surface area contributed by atoms with Crippen molar-refractivity contribution in [3.05, 3.63) is 58.7 Å². The maximum atomic E-state index is 13.0. The van der Waals surface area contributed by atoms with Gasteiger partial charge in [0.1, 0.15) is 6.04 Å². The molecule has 0 fully saturated rings. The maximum Gasteiger partial charge on any atom is 0.251 e. The number of anilines is 1. The molecule has 0 radical (unpaired) electrons. The molecule has 0 aliphatic heterocycles. The summed E-state index contributed by atoms with van der Waals surface area (Å²) >= 11 is 3.04. The number of aryl methyl sites for hydroxylation is 1. The number of aromatic nitrogens is 2. The largest absolute Gasteiger partial charge is 0.348 e. The standard InChI is InChI=1S/C26H34N4O2S2/c1-17(2)11-13-30-18(3)15-21(19(30)4)23-16-34-26(28-23)29-25(32)22(12-14-33-5)27-24(31)20-9-7-6-8-10-20/h6-10,15-17,22H,11-14H2,1-5H3,(H,27,31)(H,28,29,32). The number of carbonyl (C=O) groups excluding carboxylic acids is 2. The Labute approximate surface area is 210 Å². The molecule has 8 heteroatoms. The lowest BCUT2D eigenvalue weighted by Crippen LogP contribution is -2.44. The molecule has 1 aromatic carbocycles. The molecule has 0 saturated carbocycles. The highest BCUT2D eigenvalue weighted by Crippen LogP contribution is 2.30. The molecule has 0 spiro atoms. The number of thioether (sulfide) groups is 1. The second-order valence-electron chi connectivity index (χ2n) is 8.82. The number of hydrogen-bond acceptors (Lipinski definition) is 5. The molecule has 1 atom stereocenters. The summed E-state index contributed by atoms with van der Waals surface area (Å²) in [6, 6.07) is 10.5. The first-order valence-corrected chi connectivity index (χ1v) is 13.9. The van der Waals surface area contributed by atoms with Crippen LogP contribution in [0.4, 0.5) is 5.13 Å². The third-order valence-corrected chi connectivity index (χ3v) is 7.18. The molecule has 6 nitrogen and oxygen atoms in total. The smallest absolute Gasteiger partial charge is 0.251 e. The van der Waals surface area contributed by atoms with Gasteiger partial charge in [0.2, 0.25) is 5.91 Å². The molecule has 0 saturated heterocycles. The minimum Gasteiger partial charge on any atom is -0.348 e. The first-order chi connectivity index (χ1) is 16.3. The predicted molar refractivity (Wildman–Crippen MR) is 144 cm³/mol. The summed E-state index contributed by atoms with van der Waals surface area (Å²) in [5.74, 6) is 0.905. The van der Waals surface area contributed by atoms with E-state index in [4.69, 9.17) is 0 Å². The van der Waals surface area contributed by atoms with Gasteiger partial charge in [-0.1, -0.05) is 32.0 Å². The van der Waals surface area contributed by atoms with E-state index in [-0.39, 0.29) is 11.8 Å². The summed E-state index contributed by atoms with van der Waals surface area (Å²) in [5.41, 5.74) is 4.89. The molecule has 2 N–H and O–H groups in total. The van der Waals surface area contributed by atoms with Gasteiger partial charge in [-0.25, -0.2) is 4.98 Å². The van der Waals surface area contributed by atoms with Crippen LogP contribution in [0, 0.1) is 19.8 Å². The van der Waals surface area contributed by atoms with Gasteiger partial charge in [0, 0.05) is 34.4 Å². The van der Waals surface area contributed by atoms with E-state index in [1.165, 1.54) is 22.7 Å². The van der Waals surface area contributed by atoms with E-state index in [0.29, 0.717) is 23.0 Å². The Balaban J connectivity index is 1.71. The first-order valence-electron chi connectivity index (χ1n) is 11.6. The number of thiazole rings is 1. The zero-order chi connectivity index (χ0) is 24.7. The van der Waals surface area contributed by atoms with Crippen LogP contribution >= 0.6 is 23.1 Å². The van der Waals surface area contributed by atoms with E-state index in [0.717, 1.165) is 30.0 Å². The third-order valence-electron chi connectivity index (χ3n) is 5.78. The Morgan fingerprint density at radius 3 is 2.56 bits per heavy atom. The highest BCUT2D eigenvalue weighted by atomic mass is 32.2. The van der Waals surface area contributed by atoms with E-state index in [9.17, 15) is 9.59 Å². The van der Waals surface area contributed by atoms with Crippen LogP contribution in [-0.4, -0.2) is 39.4 Å². The average Bonchev–Trinajstić information content (AvgIpc) is 3.39. The Hall–Kier alpha value is -2.58. The second kappa shape index (κ2) is 12.2. The van der Waals surface area contributed by atoms with Crippen molar-refractivity contribution in [3.8, 4) is 11.3 Å². The number of benzene rings is 1. The molecule has 2 heterocycles. The fourth-order valence-corrected chi connectivity index (χ4v) is 4.96. The fraction of sp³-hybridized carbons (Fsp3) is 0.423. The summed E-state index contributed by atoms with van der Waals surface area (Å²) in [7, 11) is 0. The number of nitrogens with one attached hydrogen (secondary N) is 2. The maximum absolute atomic E-state index is 13.0. The number of amides is 2. The SMILES string of the molecule is CSCCC(NC(=O)c1ccccc1)C(=O)Nc1nc(-c2cc(C)n(CCC(C)C)c2C)cs1. The van der Waals surface area contributed by atoms with Crippen molar-refractivity contribution >= 4 is 40.0 Å². The normalized spacial score (nSPS) is 12.1. The van der Waals surface area contributed by atoms with Crippen LogP contribution in [0.15, 0.2) is 41.8 Å². The molecule has 0 aliphatic rings. The quantitative estimate of drug-likeness (QED) is 0.352. The van der Waals surface area contributed by atoms with Crippen LogP contribution in [0.3, 0.4) is 0 Å². The molecule has 0 aliphatic carbocycles. The van der Waals surface area contributed by atoms with Gasteiger partial charge in [-0.2, -0.15) is 11.8 Å². The van der Waals surface area contributed by atoms with Gasteiger partial charge in [-0.05, 0) is 62.8 Å². The molecular weight excluding hydrogens is 464 g/mol. The van der Waals surface area contributed by atoms with Crippen LogP contribution in [0.25, 0.3) is 11.3 Å². The van der Waals surface area contributed by atoms with Gasteiger partial charge in [0.15, 0.2) is 5.13 Å². The molecule has 34 heavy (non-hydrogen) atoms. The number of rotatable bonds is 11. The summed E-state index contributed by atoms with van der Waals surface area (Å²) in [6.45, 7) is 9.70. The number of carbonyl (C=O) groups is 2. The molecule has 182 valence electrons. The fourth-order valence-electron chi connectivity index (χ4n) is 3.77. The summed E-state index contributed by atoms with van der Waals surface area (Å²) in [4.78, 5) is 30.3. The van der Waals surface area contributed by atoms with E-state index in [1.807, 2.05) is 29.8 Å². The first kappa shape index (κ1) is 26.0. The lowest BCUT2D eigenvalue weighted by atomic mass is 10.1. The van der Waals surface area contributed by atoms with Gasteiger partial charge in [-0.15, -0.1) is 11.3 Å². The molecule has 3 aromatic rings. The van der Waals surface area contributed by atoms with Crippen LogP contribution in [0.1, 0.15) is 48.4 Å². The molecule has 2 aromatic heterocycles. The lowest BCUT2D eigenvalue weighted by molar-refractivity contribution is -0.118. The van der Waals surface area contributed by atoms with Crippen LogP contribution in [-0.2, 0) is 11.3 Å². The minimum absolute atomic E-state index is 0.248. The van der Waals surface area contributed by atoms with Crippen molar-refractivity contribution < 1.29 is 9.59 Å². The number of nitrogens with zero attached hydrogens (tertiary/aromatic N) is 2. The van der Waals surface area contributed by atoms with Crippen molar-refractivity contribution in [3.63, 3.8) is 0 Å². The molecule has 2 amide bonds. The summed E-state index contributed by atoms with van der Waals surface area (Å²) in [5, 5.41) is 8.31. The highest BCUT2D eigenvalue weighted by molar-refractivity contribution is 7.98. The van der Waals surface area contributed by atoms with Crippen molar-refractivity contribution in [2.24, 2.45) is 5.92 Å². The zero-order valence-corrected chi connectivity index (χ0v) is 22.2. The van der Waals surface area contributed by atoms with E-state index >= 15 is 0 Å². The van der Waals surface area contributed by atoms with Gasteiger partial charge in [0.05, 0.1) is 5.69 Å². The van der Waals surface area contributed by atoms with E-state index < -0.39 is 6.04 Å². The van der Waals surface area contributed by atoms with Crippen molar-refractivity contribution in [2.45, 2.75) is 53.1 Å². The third kappa shape index (κ3) is 6.73. The highest BCUT2D eigenvalue weighted by Gasteiger charge is 2.23. The van der Waals surface area contributed by atoms with Crippen molar-refractivity contribution in [1.29, 1.82) is 0 Å². The monoisotopic (exact) mass is 498 g/mol. The van der Waals surface area contributed by atoms with Crippen LogP contribution < -0.4 is 10.6 Å². The molecule has 3 rings (SSSR count). The Kier molecular flexibility index (Phi) is 9.36. The topological polar surface area (TPSA) is 76.0 Å². The molecule has 0 bridgehead atoms. The van der Waals surface area contributed by atoms with Crippen molar-refractivity contribution in [2.75, 3.05) is 17.3 Å². The molecule has 1 unspecified atom stereocenters. The van der Waals surface area contributed by atoms with Crippen molar-refractivity contribution in [1.82, 2.24) is 14.9 Å². The average molecular weight is 499 g/mol. The Morgan fingerprint density at radius 2 is 1.88 bits per heavy atom.